The average molecular weight is 370 g/mol. The monoisotopic (exact) mass is 369 g/mol. The number of nitrogens with one attached hydrogen (secondary N) is 1. The summed E-state index contributed by atoms with van der Waals surface area (Å²) in [5.74, 6) is -0.831. The summed E-state index contributed by atoms with van der Waals surface area (Å²) in [6, 6.07) is 1.63. The molecule has 0 atom stereocenters. The topological polar surface area (TPSA) is 93.2 Å². The summed E-state index contributed by atoms with van der Waals surface area (Å²) in [5, 5.41) is 7.39. The van der Waals surface area contributed by atoms with Crippen LogP contribution in [0.25, 0.3) is 0 Å². The molecule has 0 fully saturated rings. The molecule has 0 unspecified atom stereocenters. The van der Waals surface area contributed by atoms with Gasteiger partial charge in [0.05, 0.1) is 5.56 Å². The summed E-state index contributed by atoms with van der Waals surface area (Å²) in [7, 11) is 1.74. The van der Waals surface area contributed by atoms with Gasteiger partial charge in [-0.15, -0.1) is 23.7 Å². The third kappa shape index (κ3) is 3.45. The van der Waals surface area contributed by atoms with Gasteiger partial charge in [0, 0.05) is 31.2 Å². The Kier molecular flexibility index (Phi) is 5.63. The second kappa shape index (κ2) is 7.33. The lowest BCUT2D eigenvalue weighted by Gasteiger charge is -2.25. The Morgan fingerprint density at radius 1 is 1.46 bits per heavy atom. The highest BCUT2D eigenvalue weighted by molar-refractivity contribution is 7.17. The van der Waals surface area contributed by atoms with Crippen molar-refractivity contribution in [3.63, 3.8) is 0 Å². The van der Waals surface area contributed by atoms with Gasteiger partial charge in [-0.05, 0) is 24.6 Å². The molecule has 3 rings (SSSR count). The fourth-order valence-electron chi connectivity index (χ4n) is 2.78. The number of carbonyl (C=O) groups is 2. The molecule has 0 saturated heterocycles. The lowest BCUT2D eigenvalue weighted by atomic mass is 10.0. The minimum atomic E-state index is -0.497. The zero-order valence-corrected chi connectivity index (χ0v) is 15.2. The normalized spacial score (nSPS) is 13.9. The molecule has 9 heteroatoms. The molecule has 0 radical (unpaired) electrons. The van der Waals surface area contributed by atoms with Crippen LogP contribution in [-0.2, 0) is 20.0 Å². The van der Waals surface area contributed by atoms with E-state index in [1.807, 2.05) is 0 Å². The summed E-state index contributed by atoms with van der Waals surface area (Å²) >= 11 is 1.43. The van der Waals surface area contributed by atoms with E-state index >= 15 is 0 Å². The minimum Gasteiger partial charge on any atom is -0.365 e. The predicted octanol–water partition coefficient (Wildman–Crippen LogP) is 1.63. The largest absolute Gasteiger partial charge is 0.365 e. The Bertz CT molecular complexity index is 770. The third-order valence-electron chi connectivity index (χ3n) is 4.00. The van der Waals surface area contributed by atoms with Gasteiger partial charge in [0.15, 0.2) is 5.69 Å². The first-order valence-electron chi connectivity index (χ1n) is 7.47. The number of nitrogens with two attached hydrogens (primary N) is 1. The number of fused-ring (bicyclic) bond motifs is 1. The molecular weight excluding hydrogens is 350 g/mol. The number of aromatic nitrogens is 2. The van der Waals surface area contributed by atoms with E-state index in [-0.39, 0.29) is 18.3 Å². The van der Waals surface area contributed by atoms with Gasteiger partial charge >= 0.3 is 0 Å². The fourth-order valence-corrected chi connectivity index (χ4v) is 4.07. The van der Waals surface area contributed by atoms with E-state index < -0.39 is 5.91 Å². The second-order valence-electron chi connectivity index (χ2n) is 5.52. The molecule has 0 spiro atoms. The molecule has 130 valence electrons. The number of primary amides is 1. The molecule has 2 aromatic heterocycles. The van der Waals surface area contributed by atoms with E-state index in [0.717, 1.165) is 36.5 Å². The Balaban J connectivity index is 0.00000208. The van der Waals surface area contributed by atoms with Crippen LogP contribution >= 0.6 is 23.7 Å². The van der Waals surface area contributed by atoms with E-state index in [9.17, 15) is 9.59 Å². The zero-order valence-electron chi connectivity index (χ0n) is 13.5. The summed E-state index contributed by atoms with van der Waals surface area (Å²) in [4.78, 5) is 27.6. The van der Waals surface area contributed by atoms with E-state index in [1.165, 1.54) is 11.3 Å². The molecule has 0 aromatic carbocycles. The Morgan fingerprint density at radius 2 is 2.21 bits per heavy atom. The maximum absolute atomic E-state index is 12.3. The Labute approximate surface area is 150 Å². The summed E-state index contributed by atoms with van der Waals surface area (Å²) < 4.78 is 1.56. The number of hydrogen-bond acceptors (Lipinski definition) is 5. The van der Waals surface area contributed by atoms with Crippen LogP contribution < -0.4 is 11.1 Å². The molecule has 0 bridgehead atoms. The van der Waals surface area contributed by atoms with Gasteiger partial charge in [-0.25, -0.2) is 0 Å². The number of nitrogens with zero attached hydrogens (tertiary/aromatic N) is 3. The molecule has 3 heterocycles. The molecular formula is C15H20ClN5O2S. The molecule has 1 aliphatic rings. The molecule has 3 N–H and O–H groups in total. The highest BCUT2D eigenvalue weighted by atomic mass is 35.5. The minimum absolute atomic E-state index is 0. The molecule has 24 heavy (non-hydrogen) atoms. The zero-order chi connectivity index (χ0) is 16.6. The number of likely N-dealkylation sites (N-methyl/N-ethyl adjacent to an activating group) is 1. The number of carbonyl (C=O) groups excluding carboxylic acids is 2. The maximum Gasteiger partial charge on any atom is 0.276 e. The van der Waals surface area contributed by atoms with Crippen LogP contribution in [0.1, 0.15) is 38.2 Å². The van der Waals surface area contributed by atoms with Crippen molar-refractivity contribution in [3.05, 3.63) is 34.0 Å². The van der Waals surface area contributed by atoms with Gasteiger partial charge in [-0.3, -0.25) is 19.2 Å². The first-order chi connectivity index (χ1) is 11.0. The van der Waals surface area contributed by atoms with Crippen molar-refractivity contribution in [1.82, 2.24) is 14.7 Å². The quantitative estimate of drug-likeness (QED) is 0.856. The van der Waals surface area contributed by atoms with Crippen molar-refractivity contribution in [2.45, 2.75) is 19.9 Å². The summed E-state index contributed by atoms with van der Waals surface area (Å²) in [5.41, 5.74) is 7.29. The van der Waals surface area contributed by atoms with Crippen LogP contribution in [-0.4, -0.2) is 39.6 Å². The van der Waals surface area contributed by atoms with Gasteiger partial charge < -0.3 is 11.1 Å². The van der Waals surface area contributed by atoms with E-state index in [1.54, 1.807) is 24.0 Å². The van der Waals surface area contributed by atoms with Crippen molar-refractivity contribution in [1.29, 1.82) is 0 Å². The molecule has 7 nitrogen and oxygen atoms in total. The standard InChI is InChI=1S/C15H19N5O2S.ClH/c1-3-20-7-4-9-11(8-20)23-15(12(9)13(16)21)17-14(22)10-5-6-19(2)18-10;/h5-6H,3-4,7-8H2,1-2H3,(H2,16,21)(H,17,22);1H. The predicted molar refractivity (Wildman–Crippen MR) is 95.9 cm³/mol. The number of amides is 2. The number of rotatable bonds is 4. The number of anilines is 1. The van der Waals surface area contributed by atoms with Gasteiger partial charge in [-0.2, -0.15) is 5.10 Å². The van der Waals surface area contributed by atoms with Crippen LogP contribution in [0.15, 0.2) is 12.3 Å². The number of hydrogen-bond donors (Lipinski definition) is 2. The van der Waals surface area contributed by atoms with Crippen molar-refractivity contribution < 1.29 is 9.59 Å². The van der Waals surface area contributed by atoms with E-state index in [2.05, 4.69) is 22.2 Å². The van der Waals surface area contributed by atoms with Gasteiger partial charge in [0.2, 0.25) is 0 Å². The number of thiophene rings is 1. The number of aryl methyl sites for hydroxylation is 1. The molecule has 2 amide bonds. The van der Waals surface area contributed by atoms with E-state index in [0.29, 0.717) is 16.3 Å². The van der Waals surface area contributed by atoms with Crippen molar-refractivity contribution >= 4 is 40.6 Å². The van der Waals surface area contributed by atoms with Gasteiger partial charge in [0.1, 0.15) is 5.00 Å². The summed E-state index contributed by atoms with van der Waals surface area (Å²) in [6.07, 6.45) is 2.47. The van der Waals surface area contributed by atoms with Crippen molar-refractivity contribution in [2.75, 3.05) is 18.4 Å². The molecule has 0 aliphatic carbocycles. The van der Waals surface area contributed by atoms with Crippen LogP contribution in [0.4, 0.5) is 5.00 Å². The lowest BCUT2D eigenvalue weighted by molar-refractivity contribution is 0.1000. The number of halogens is 1. The Hall–Kier alpha value is -1.90. The second-order valence-corrected chi connectivity index (χ2v) is 6.62. The van der Waals surface area contributed by atoms with Crippen molar-refractivity contribution in [2.24, 2.45) is 12.8 Å². The van der Waals surface area contributed by atoms with E-state index in [4.69, 9.17) is 5.73 Å². The Morgan fingerprint density at radius 3 is 2.79 bits per heavy atom. The highest BCUT2D eigenvalue weighted by Crippen LogP contribution is 2.37. The van der Waals surface area contributed by atoms with Crippen LogP contribution in [0.5, 0.6) is 0 Å². The fraction of sp³-hybridized carbons (Fsp3) is 0.400. The molecule has 0 saturated carbocycles. The molecule has 1 aliphatic heterocycles. The van der Waals surface area contributed by atoms with Crippen LogP contribution in [0.3, 0.4) is 0 Å². The SMILES string of the molecule is CCN1CCc2c(sc(NC(=O)c3ccn(C)n3)c2C(N)=O)C1.Cl. The van der Waals surface area contributed by atoms with Gasteiger partial charge in [-0.1, -0.05) is 6.92 Å². The average Bonchev–Trinajstić information content (AvgIpc) is 3.09. The first kappa shape index (κ1) is 18.4. The highest BCUT2D eigenvalue weighted by Gasteiger charge is 2.27. The van der Waals surface area contributed by atoms with Gasteiger partial charge in [0.25, 0.3) is 11.8 Å². The van der Waals surface area contributed by atoms with Crippen LogP contribution in [0, 0.1) is 0 Å². The third-order valence-corrected chi connectivity index (χ3v) is 5.14. The lowest BCUT2D eigenvalue weighted by Crippen LogP contribution is -2.30. The first-order valence-corrected chi connectivity index (χ1v) is 8.29. The van der Waals surface area contributed by atoms with Crippen molar-refractivity contribution in [3.8, 4) is 0 Å². The molecule has 2 aromatic rings. The smallest absolute Gasteiger partial charge is 0.276 e. The van der Waals surface area contributed by atoms with Crippen LogP contribution in [0.2, 0.25) is 0 Å². The summed E-state index contributed by atoms with van der Waals surface area (Å²) in [6.45, 7) is 4.75. The maximum atomic E-state index is 12.3.